The molecule has 1 unspecified atom stereocenters. The summed E-state index contributed by atoms with van der Waals surface area (Å²) in [6.45, 7) is 2.33. The number of carbonyl (C=O) groups excluding carboxylic acids is 1. The van der Waals surface area contributed by atoms with Gasteiger partial charge in [0.2, 0.25) is 0 Å². The Bertz CT molecular complexity index is 431. The molecule has 5 heteroatoms. The van der Waals surface area contributed by atoms with E-state index in [4.69, 9.17) is 5.73 Å². The van der Waals surface area contributed by atoms with Gasteiger partial charge < -0.3 is 11.1 Å². The van der Waals surface area contributed by atoms with E-state index in [0.717, 1.165) is 10.6 Å². The van der Waals surface area contributed by atoms with Gasteiger partial charge in [-0.3, -0.25) is 4.79 Å². The number of nitrogens with one attached hydrogen (secondary N) is 1. The lowest BCUT2D eigenvalue weighted by molar-refractivity contribution is 0.0944. The van der Waals surface area contributed by atoms with Crippen molar-refractivity contribution >= 4 is 29.0 Å². The van der Waals surface area contributed by atoms with Crippen molar-refractivity contribution in [1.29, 1.82) is 0 Å². The standard InChI is InChI=1S/C12H16N2OS2/c1-9(7-16-2)14-12(15)10-6-11(17-8-10)4-3-5-13/h6,8-9H,5,7,13H2,1-2H3,(H,14,15). The second-order valence-electron chi connectivity index (χ2n) is 3.54. The van der Waals surface area contributed by atoms with Gasteiger partial charge in [0, 0.05) is 17.2 Å². The quantitative estimate of drug-likeness (QED) is 0.815. The van der Waals surface area contributed by atoms with Gasteiger partial charge in [-0.25, -0.2) is 0 Å². The number of thioether (sulfide) groups is 1. The molecule has 92 valence electrons. The Hall–Kier alpha value is -0.960. The van der Waals surface area contributed by atoms with Crippen LogP contribution in [-0.4, -0.2) is 30.5 Å². The zero-order chi connectivity index (χ0) is 12.7. The molecule has 1 rings (SSSR count). The molecule has 0 aliphatic heterocycles. The van der Waals surface area contributed by atoms with Gasteiger partial charge in [0.05, 0.1) is 17.0 Å². The van der Waals surface area contributed by atoms with Crippen molar-refractivity contribution in [3.63, 3.8) is 0 Å². The summed E-state index contributed by atoms with van der Waals surface area (Å²) in [5, 5.41) is 4.76. The molecule has 1 amide bonds. The fraction of sp³-hybridized carbons (Fsp3) is 0.417. The third kappa shape index (κ3) is 4.82. The van der Waals surface area contributed by atoms with Crippen LogP contribution in [-0.2, 0) is 0 Å². The van der Waals surface area contributed by atoms with Gasteiger partial charge in [0.1, 0.15) is 0 Å². The number of hydrogen-bond donors (Lipinski definition) is 2. The molecular formula is C12H16N2OS2. The molecule has 1 aromatic heterocycles. The minimum atomic E-state index is -0.0383. The van der Waals surface area contributed by atoms with Crippen molar-refractivity contribution < 1.29 is 4.79 Å². The van der Waals surface area contributed by atoms with Crippen LogP contribution in [0.2, 0.25) is 0 Å². The van der Waals surface area contributed by atoms with Crippen LogP contribution in [0.4, 0.5) is 0 Å². The van der Waals surface area contributed by atoms with Gasteiger partial charge in [-0.2, -0.15) is 11.8 Å². The summed E-state index contributed by atoms with van der Waals surface area (Å²) < 4.78 is 0. The van der Waals surface area contributed by atoms with E-state index in [1.165, 1.54) is 11.3 Å². The molecule has 0 saturated heterocycles. The Balaban J connectivity index is 2.60. The molecule has 3 N–H and O–H groups in total. The number of nitrogens with two attached hydrogens (primary N) is 1. The lowest BCUT2D eigenvalue weighted by atomic mass is 10.2. The second kappa shape index (κ2) is 7.38. The fourth-order valence-electron chi connectivity index (χ4n) is 1.26. The van der Waals surface area contributed by atoms with Gasteiger partial charge >= 0.3 is 0 Å². The first-order valence-electron chi connectivity index (χ1n) is 5.24. The summed E-state index contributed by atoms with van der Waals surface area (Å²) in [7, 11) is 0. The molecule has 1 heterocycles. The summed E-state index contributed by atoms with van der Waals surface area (Å²) in [4.78, 5) is 12.7. The first kappa shape index (κ1) is 14.1. The van der Waals surface area contributed by atoms with Crippen LogP contribution in [0.15, 0.2) is 11.4 Å². The summed E-state index contributed by atoms with van der Waals surface area (Å²) in [6.07, 6.45) is 2.02. The van der Waals surface area contributed by atoms with Crippen LogP contribution in [0.5, 0.6) is 0 Å². The molecule has 0 aliphatic carbocycles. The molecule has 0 fully saturated rings. The van der Waals surface area contributed by atoms with E-state index in [1.54, 1.807) is 17.8 Å². The zero-order valence-electron chi connectivity index (χ0n) is 9.95. The molecule has 0 radical (unpaired) electrons. The van der Waals surface area contributed by atoms with Gasteiger partial charge in [-0.05, 0) is 19.2 Å². The van der Waals surface area contributed by atoms with Gasteiger partial charge in [-0.15, -0.1) is 11.3 Å². The third-order valence-electron chi connectivity index (χ3n) is 1.97. The Morgan fingerprint density at radius 1 is 1.71 bits per heavy atom. The maximum Gasteiger partial charge on any atom is 0.252 e. The normalized spacial score (nSPS) is 11.5. The highest BCUT2D eigenvalue weighted by Gasteiger charge is 2.10. The Morgan fingerprint density at radius 3 is 3.12 bits per heavy atom. The zero-order valence-corrected chi connectivity index (χ0v) is 11.6. The SMILES string of the molecule is CSCC(C)NC(=O)c1csc(C#CCN)c1. The number of thiophene rings is 1. The highest BCUT2D eigenvalue weighted by atomic mass is 32.2. The Morgan fingerprint density at radius 2 is 2.47 bits per heavy atom. The summed E-state index contributed by atoms with van der Waals surface area (Å²) in [6, 6.07) is 1.98. The minimum absolute atomic E-state index is 0.0383. The van der Waals surface area contributed by atoms with Gasteiger partial charge in [0.15, 0.2) is 0 Å². The first-order chi connectivity index (χ1) is 8.17. The van der Waals surface area contributed by atoms with E-state index in [0.29, 0.717) is 12.1 Å². The largest absolute Gasteiger partial charge is 0.349 e. The molecule has 0 bridgehead atoms. The van der Waals surface area contributed by atoms with E-state index in [2.05, 4.69) is 17.2 Å². The monoisotopic (exact) mass is 268 g/mol. The molecule has 17 heavy (non-hydrogen) atoms. The average molecular weight is 268 g/mol. The summed E-state index contributed by atoms with van der Waals surface area (Å²) in [5.74, 6) is 6.56. The molecule has 0 aromatic carbocycles. The highest BCUT2D eigenvalue weighted by Crippen LogP contribution is 2.13. The van der Waals surface area contributed by atoms with Crippen molar-refractivity contribution in [2.45, 2.75) is 13.0 Å². The van der Waals surface area contributed by atoms with Crippen LogP contribution in [0, 0.1) is 11.8 Å². The number of amides is 1. The van der Waals surface area contributed by atoms with Crippen LogP contribution in [0.3, 0.4) is 0 Å². The lowest BCUT2D eigenvalue weighted by Gasteiger charge is -2.11. The van der Waals surface area contributed by atoms with E-state index in [-0.39, 0.29) is 11.9 Å². The third-order valence-corrected chi connectivity index (χ3v) is 3.65. The van der Waals surface area contributed by atoms with E-state index in [1.807, 2.05) is 18.6 Å². The smallest absolute Gasteiger partial charge is 0.252 e. The van der Waals surface area contributed by atoms with Crippen molar-refractivity contribution in [2.24, 2.45) is 5.73 Å². The number of hydrogen-bond acceptors (Lipinski definition) is 4. The van der Waals surface area contributed by atoms with E-state index >= 15 is 0 Å². The van der Waals surface area contributed by atoms with Crippen LogP contribution in [0.1, 0.15) is 22.2 Å². The van der Waals surface area contributed by atoms with Crippen molar-refractivity contribution in [3.8, 4) is 11.8 Å². The Labute approximate surface area is 110 Å². The molecule has 0 spiro atoms. The van der Waals surface area contributed by atoms with Crippen LogP contribution in [0.25, 0.3) is 0 Å². The Kier molecular flexibility index (Phi) is 6.12. The summed E-state index contributed by atoms with van der Waals surface area (Å²) >= 11 is 3.18. The minimum Gasteiger partial charge on any atom is -0.349 e. The van der Waals surface area contributed by atoms with Crippen molar-refractivity contribution in [2.75, 3.05) is 18.6 Å². The average Bonchev–Trinajstić information content (AvgIpc) is 2.75. The lowest BCUT2D eigenvalue weighted by Crippen LogP contribution is -2.33. The summed E-state index contributed by atoms with van der Waals surface area (Å²) in [5.41, 5.74) is 5.96. The topological polar surface area (TPSA) is 55.1 Å². The van der Waals surface area contributed by atoms with Gasteiger partial charge in [0.25, 0.3) is 5.91 Å². The van der Waals surface area contributed by atoms with Crippen LogP contribution >= 0.6 is 23.1 Å². The second-order valence-corrected chi connectivity index (χ2v) is 5.36. The predicted octanol–water partition coefficient (Wildman–Crippen LogP) is 1.54. The van der Waals surface area contributed by atoms with Crippen LogP contribution < -0.4 is 11.1 Å². The van der Waals surface area contributed by atoms with Crippen molar-refractivity contribution in [1.82, 2.24) is 5.32 Å². The molecule has 0 saturated carbocycles. The maximum absolute atomic E-state index is 11.8. The maximum atomic E-state index is 11.8. The number of rotatable bonds is 4. The molecule has 3 nitrogen and oxygen atoms in total. The van der Waals surface area contributed by atoms with E-state index < -0.39 is 0 Å². The first-order valence-corrected chi connectivity index (χ1v) is 7.52. The molecule has 0 aliphatic rings. The van der Waals surface area contributed by atoms with Gasteiger partial charge in [-0.1, -0.05) is 11.8 Å². The fourth-order valence-corrected chi connectivity index (χ4v) is 2.60. The van der Waals surface area contributed by atoms with Crippen molar-refractivity contribution in [3.05, 3.63) is 21.9 Å². The molecule has 1 aromatic rings. The molecular weight excluding hydrogens is 252 g/mol. The molecule has 1 atom stereocenters. The predicted molar refractivity (Wildman–Crippen MR) is 75.6 cm³/mol. The number of carbonyl (C=O) groups is 1. The highest BCUT2D eigenvalue weighted by molar-refractivity contribution is 7.98. The van der Waals surface area contributed by atoms with E-state index in [9.17, 15) is 4.79 Å².